The third-order valence-electron chi connectivity index (χ3n) is 1.20. The van der Waals surface area contributed by atoms with Crippen molar-refractivity contribution < 1.29 is 4.92 Å². The van der Waals surface area contributed by atoms with Crippen LogP contribution in [-0.2, 0) is 0 Å². The monoisotopic (exact) mass is 157 g/mol. The molecule has 0 N–H and O–H groups in total. The first-order valence-electron chi connectivity index (χ1n) is 3.73. The summed E-state index contributed by atoms with van der Waals surface area (Å²) in [6.07, 6.45) is 2.19. The molecule has 0 aromatic carbocycles. The van der Waals surface area contributed by atoms with Gasteiger partial charge in [0.05, 0.1) is 4.92 Å². The molecule has 0 bridgehead atoms. The van der Waals surface area contributed by atoms with Gasteiger partial charge in [0.1, 0.15) is 0 Å². The molecule has 0 radical (unpaired) electrons. The van der Waals surface area contributed by atoms with E-state index in [4.69, 9.17) is 0 Å². The zero-order valence-electron chi connectivity index (χ0n) is 7.55. The van der Waals surface area contributed by atoms with Gasteiger partial charge in [-0.05, 0) is 11.5 Å². The number of rotatable bonds is 2. The first-order valence-corrected chi connectivity index (χ1v) is 3.73. The topological polar surface area (TPSA) is 43.1 Å². The minimum atomic E-state index is -0.314. The van der Waals surface area contributed by atoms with Crippen molar-refractivity contribution in [3.05, 3.63) is 21.9 Å². The van der Waals surface area contributed by atoms with Gasteiger partial charge in [0.25, 0.3) is 0 Å². The van der Waals surface area contributed by atoms with E-state index in [2.05, 4.69) is 0 Å². The molecule has 11 heavy (non-hydrogen) atoms. The van der Waals surface area contributed by atoms with Crippen molar-refractivity contribution in [1.29, 1.82) is 0 Å². The van der Waals surface area contributed by atoms with Crippen LogP contribution in [0.5, 0.6) is 0 Å². The zero-order valence-corrected chi connectivity index (χ0v) is 7.55. The van der Waals surface area contributed by atoms with Crippen molar-refractivity contribution >= 4 is 0 Å². The highest BCUT2D eigenvalue weighted by atomic mass is 16.6. The average Bonchev–Trinajstić information content (AvgIpc) is 1.80. The Labute approximate surface area is 67.3 Å². The molecule has 0 rings (SSSR count). The lowest BCUT2D eigenvalue weighted by Crippen LogP contribution is -2.06. The largest absolute Gasteiger partial charge is 0.259 e. The second-order valence-electron chi connectivity index (χ2n) is 3.61. The molecular formula is C8H15NO2. The number of nitrogens with zero attached hydrogens (tertiary/aromatic N) is 1. The van der Waals surface area contributed by atoms with Crippen LogP contribution in [0.2, 0.25) is 0 Å². The maximum absolute atomic E-state index is 10.3. The van der Waals surface area contributed by atoms with Gasteiger partial charge in [0.15, 0.2) is 0 Å². The molecule has 0 aromatic rings. The number of nitro groups is 1. The summed E-state index contributed by atoms with van der Waals surface area (Å²) in [5.74, 6) is 0. The third kappa shape index (κ3) is 4.53. The average molecular weight is 157 g/mol. The minimum Gasteiger partial charge on any atom is -0.259 e. The Kier molecular flexibility index (Phi) is 3.23. The van der Waals surface area contributed by atoms with Crippen molar-refractivity contribution in [2.24, 2.45) is 5.41 Å². The Hall–Kier alpha value is -0.860. The second-order valence-corrected chi connectivity index (χ2v) is 3.61. The SMILES string of the molecule is CC/C(=C/C(C)(C)C)[N+](=O)[O-]. The molecule has 0 heterocycles. The van der Waals surface area contributed by atoms with E-state index in [9.17, 15) is 10.1 Å². The normalized spacial score (nSPS) is 13.3. The van der Waals surface area contributed by atoms with E-state index in [-0.39, 0.29) is 10.3 Å². The van der Waals surface area contributed by atoms with E-state index < -0.39 is 0 Å². The highest BCUT2D eigenvalue weighted by Gasteiger charge is 2.14. The van der Waals surface area contributed by atoms with E-state index in [1.165, 1.54) is 0 Å². The van der Waals surface area contributed by atoms with Crippen LogP contribution in [0.25, 0.3) is 0 Å². The first kappa shape index (κ1) is 10.1. The molecule has 0 saturated heterocycles. The Balaban J connectivity index is 4.49. The zero-order chi connectivity index (χ0) is 9.07. The van der Waals surface area contributed by atoms with Crippen LogP contribution in [0.3, 0.4) is 0 Å². The van der Waals surface area contributed by atoms with Crippen LogP contribution < -0.4 is 0 Å². The Morgan fingerprint density at radius 1 is 1.55 bits per heavy atom. The van der Waals surface area contributed by atoms with Gasteiger partial charge in [0, 0.05) is 6.42 Å². The standard InChI is InChI=1S/C8H15NO2/c1-5-7(9(10)11)6-8(2,3)4/h6H,5H2,1-4H3/b7-6-. The summed E-state index contributed by atoms with van der Waals surface area (Å²) >= 11 is 0. The highest BCUT2D eigenvalue weighted by molar-refractivity contribution is 4.98. The Morgan fingerprint density at radius 3 is 2.09 bits per heavy atom. The second kappa shape index (κ2) is 3.51. The molecule has 0 atom stereocenters. The maximum Gasteiger partial charge on any atom is 0.242 e. The van der Waals surface area contributed by atoms with E-state index in [1.807, 2.05) is 20.8 Å². The molecule has 0 aliphatic rings. The summed E-state index contributed by atoms with van der Waals surface area (Å²) in [7, 11) is 0. The molecule has 0 fully saturated rings. The molecule has 3 nitrogen and oxygen atoms in total. The fraction of sp³-hybridized carbons (Fsp3) is 0.750. The number of hydrogen-bond donors (Lipinski definition) is 0. The summed E-state index contributed by atoms with van der Waals surface area (Å²) in [5, 5.41) is 10.3. The van der Waals surface area contributed by atoms with Crippen LogP contribution in [0.15, 0.2) is 11.8 Å². The van der Waals surface area contributed by atoms with E-state index >= 15 is 0 Å². The van der Waals surface area contributed by atoms with E-state index in [0.717, 1.165) is 0 Å². The molecule has 0 aromatic heterocycles. The number of allylic oxidation sites excluding steroid dienone is 2. The summed E-state index contributed by atoms with van der Waals surface area (Å²) in [5.41, 5.74) is 0.204. The quantitative estimate of drug-likeness (QED) is 0.456. The minimum absolute atomic E-state index is 0.0988. The first-order chi connectivity index (χ1) is 4.87. The predicted molar refractivity (Wildman–Crippen MR) is 44.8 cm³/mol. The molecular weight excluding hydrogens is 142 g/mol. The summed E-state index contributed by atoms with van der Waals surface area (Å²) < 4.78 is 0. The van der Waals surface area contributed by atoms with Crippen molar-refractivity contribution in [3.8, 4) is 0 Å². The Bertz CT molecular complexity index is 177. The molecule has 3 heteroatoms. The summed E-state index contributed by atoms with van der Waals surface area (Å²) in [6.45, 7) is 7.64. The van der Waals surface area contributed by atoms with Gasteiger partial charge >= 0.3 is 0 Å². The fourth-order valence-electron chi connectivity index (χ4n) is 0.784. The highest BCUT2D eigenvalue weighted by Crippen LogP contribution is 2.18. The van der Waals surface area contributed by atoms with Gasteiger partial charge in [-0.3, -0.25) is 10.1 Å². The van der Waals surface area contributed by atoms with Gasteiger partial charge in [-0.15, -0.1) is 0 Å². The Morgan fingerprint density at radius 2 is 2.00 bits per heavy atom. The molecule has 0 aliphatic carbocycles. The molecule has 0 unspecified atom stereocenters. The molecule has 0 spiro atoms. The van der Waals surface area contributed by atoms with Crippen LogP contribution in [0.4, 0.5) is 0 Å². The predicted octanol–water partition coefficient (Wildman–Crippen LogP) is 2.60. The van der Waals surface area contributed by atoms with Crippen LogP contribution in [0.1, 0.15) is 34.1 Å². The van der Waals surface area contributed by atoms with Crippen molar-refractivity contribution in [3.63, 3.8) is 0 Å². The molecule has 0 aliphatic heterocycles. The lowest BCUT2D eigenvalue weighted by molar-refractivity contribution is -0.428. The van der Waals surface area contributed by atoms with Crippen LogP contribution >= 0.6 is 0 Å². The smallest absolute Gasteiger partial charge is 0.242 e. The van der Waals surface area contributed by atoms with Crippen molar-refractivity contribution in [2.45, 2.75) is 34.1 Å². The summed E-state index contributed by atoms with van der Waals surface area (Å²) in [6, 6.07) is 0. The van der Waals surface area contributed by atoms with Crippen molar-refractivity contribution in [2.75, 3.05) is 0 Å². The molecule has 64 valence electrons. The molecule has 0 amide bonds. The summed E-state index contributed by atoms with van der Waals surface area (Å²) in [4.78, 5) is 10.0. The third-order valence-corrected chi connectivity index (χ3v) is 1.20. The molecule has 0 saturated carbocycles. The van der Waals surface area contributed by atoms with Gasteiger partial charge in [-0.2, -0.15) is 0 Å². The lowest BCUT2D eigenvalue weighted by Gasteiger charge is -2.10. The maximum atomic E-state index is 10.3. The van der Waals surface area contributed by atoms with Crippen LogP contribution in [0, 0.1) is 15.5 Å². The number of hydrogen-bond acceptors (Lipinski definition) is 2. The van der Waals surface area contributed by atoms with Crippen molar-refractivity contribution in [1.82, 2.24) is 0 Å². The van der Waals surface area contributed by atoms with Gasteiger partial charge in [-0.25, -0.2) is 0 Å². The van der Waals surface area contributed by atoms with E-state index in [1.54, 1.807) is 13.0 Å². The fourth-order valence-corrected chi connectivity index (χ4v) is 0.784. The van der Waals surface area contributed by atoms with Crippen LogP contribution in [-0.4, -0.2) is 4.92 Å². The van der Waals surface area contributed by atoms with Gasteiger partial charge in [0.2, 0.25) is 5.70 Å². The van der Waals surface area contributed by atoms with E-state index in [0.29, 0.717) is 12.1 Å². The lowest BCUT2D eigenvalue weighted by atomic mass is 9.95. The van der Waals surface area contributed by atoms with Gasteiger partial charge < -0.3 is 0 Å². The van der Waals surface area contributed by atoms with Gasteiger partial charge in [-0.1, -0.05) is 27.7 Å².